The second kappa shape index (κ2) is 15.8. The van der Waals surface area contributed by atoms with Crippen LogP contribution < -0.4 is 0 Å². The van der Waals surface area contributed by atoms with E-state index in [2.05, 4.69) is 13.8 Å². The summed E-state index contributed by atoms with van der Waals surface area (Å²) in [4.78, 5) is 0. The van der Waals surface area contributed by atoms with Gasteiger partial charge in [0.2, 0.25) is 0 Å². The third-order valence-corrected chi connectivity index (χ3v) is 6.39. The van der Waals surface area contributed by atoms with Crippen LogP contribution in [0, 0.1) is 11.7 Å². The Morgan fingerprint density at radius 2 is 1.28 bits per heavy atom. The molecule has 0 radical (unpaired) electrons. The second-order valence-corrected chi connectivity index (χ2v) is 8.41. The molecule has 1 unspecified atom stereocenters. The first-order valence-corrected chi connectivity index (χ1v) is 12.0. The Bertz CT molecular complexity index is 488. The number of hydrogen-bond donors (Lipinski definition) is 0. The van der Waals surface area contributed by atoms with Gasteiger partial charge in [-0.1, -0.05) is 83.8 Å². The van der Waals surface area contributed by atoms with Crippen molar-refractivity contribution in [2.24, 2.45) is 5.92 Å². The number of aryl methyl sites for hydroxylation is 1. The molecule has 0 fully saturated rings. The molecule has 1 aromatic rings. The summed E-state index contributed by atoms with van der Waals surface area (Å²) in [6.07, 6.45) is 17.1. The van der Waals surface area contributed by atoms with E-state index in [4.69, 9.17) is 9.47 Å². The Balaban J connectivity index is 2.36. The zero-order valence-electron chi connectivity index (χ0n) is 19.5. The van der Waals surface area contributed by atoms with E-state index in [0.717, 1.165) is 12.8 Å². The van der Waals surface area contributed by atoms with E-state index in [1.807, 2.05) is 12.1 Å². The van der Waals surface area contributed by atoms with Crippen LogP contribution in [0.15, 0.2) is 24.3 Å². The summed E-state index contributed by atoms with van der Waals surface area (Å²) in [5.41, 5.74) is 1.23. The molecule has 0 aromatic heterocycles. The molecule has 0 heterocycles. The van der Waals surface area contributed by atoms with E-state index < -0.39 is 5.79 Å². The van der Waals surface area contributed by atoms with Gasteiger partial charge >= 0.3 is 0 Å². The smallest absolute Gasteiger partial charge is 0.170 e. The van der Waals surface area contributed by atoms with Crippen LogP contribution in [0.2, 0.25) is 0 Å². The summed E-state index contributed by atoms with van der Waals surface area (Å²) >= 11 is 0. The van der Waals surface area contributed by atoms with Gasteiger partial charge in [-0.25, -0.2) is 4.39 Å². The Morgan fingerprint density at radius 3 is 1.79 bits per heavy atom. The first-order chi connectivity index (χ1) is 14.1. The molecule has 0 saturated carbocycles. The van der Waals surface area contributed by atoms with Crippen molar-refractivity contribution in [3.63, 3.8) is 0 Å². The van der Waals surface area contributed by atoms with Crippen molar-refractivity contribution < 1.29 is 13.9 Å². The zero-order chi connectivity index (χ0) is 21.4. The highest BCUT2D eigenvalue weighted by Crippen LogP contribution is 2.34. The van der Waals surface area contributed by atoms with Crippen molar-refractivity contribution in [1.82, 2.24) is 0 Å². The highest BCUT2D eigenvalue weighted by Gasteiger charge is 2.36. The minimum Gasteiger partial charge on any atom is -0.353 e. The maximum Gasteiger partial charge on any atom is 0.170 e. The van der Waals surface area contributed by atoms with E-state index in [-0.39, 0.29) is 5.82 Å². The highest BCUT2D eigenvalue weighted by atomic mass is 19.1. The lowest BCUT2D eigenvalue weighted by molar-refractivity contribution is -0.244. The number of rotatable bonds is 18. The average Bonchev–Trinajstić information content (AvgIpc) is 2.75. The predicted molar refractivity (Wildman–Crippen MR) is 122 cm³/mol. The van der Waals surface area contributed by atoms with Gasteiger partial charge in [-0.2, -0.15) is 0 Å². The minimum absolute atomic E-state index is 0.152. The van der Waals surface area contributed by atoms with Crippen molar-refractivity contribution in [1.29, 1.82) is 0 Å². The Labute approximate surface area is 179 Å². The summed E-state index contributed by atoms with van der Waals surface area (Å²) in [5, 5.41) is 0. The van der Waals surface area contributed by atoms with Gasteiger partial charge in [0.15, 0.2) is 5.79 Å². The lowest BCUT2D eigenvalue weighted by Gasteiger charge is -2.38. The van der Waals surface area contributed by atoms with Crippen molar-refractivity contribution in [2.75, 3.05) is 14.2 Å². The Kier molecular flexibility index (Phi) is 14.3. The van der Waals surface area contributed by atoms with Crippen LogP contribution in [-0.2, 0) is 15.9 Å². The van der Waals surface area contributed by atoms with Crippen LogP contribution in [0.3, 0.4) is 0 Å². The van der Waals surface area contributed by atoms with Gasteiger partial charge in [-0.15, -0.1) is 0 Å². The van der Waals surface area contributed by atoms with Crippen molar-refractivity contribution in [3.05, 3.63) is 35.6 Å². The lowest BCUT2D eigenvalue weighted by Crippen LogP contribution is -2.41. The normalized spacial score (nSPS) is 13.0. The van der Waals surface area contributed by atoms with E-state index in [9.17, 15) is 4.39 Å². The molecular weight excluding hydrogens is 363 g/mol. The molecule has 0 N–H and O–H groups in total. The maximum absolute atomic E-state index is 13.0. The van der Waals surface area contributed by atoms with Gasteiger partial charge in [-0.05, 0) is 49.8 Å². The fourth-order valence-corrected chi connectivity index (χ4v) is 4.47. The number of hydrogen-bond acceptors (Lipinski definition) is 2. The fraction of sp³-hybridized carbons (Fsp3) is 0.769. The van der Waals surface area contributed by atoms with Crippen molar-refractivity contribution in [2.45, 2.75) is 110 Å². The summed E-state index contributed by atoms with van der Waals surface area (Å²) in [6.45, 7) is 4.44. The molecule has 168 valence electrons. The van der Waals surface area contributed by atoms with E-state index in [1.165, 1.54) is 82.6 Å². The average molecular weight is 409 g/mol. The van der Waals surface area contributed by atoms with Crippen LogP contribution in [0.5, 0.6) is 0 Å². The molecule has 3 heteroatoms. The van der Waals surface area contributed by atoms with Gasteiger partial charge in [0.25, 0.3) is 0 Å². The SMILES string of the molecule is CCCCCCCCC(CCCCCCc1ccc(F)cc1)C(CC)(OC)OC. The molecule has 0 amide bonds. The third kappa shape index (κ3) is 10.1. The molecular formula is C26H45FO2. The van der Waals surface area contributed by atoms with E-state index in [1.54, 1.807) is 26.4 Å². The molecule has 1 aromatic carbocycles. The van der Waals surface area contributed by atoms with Crippen LogP contribution in [-0.4, -0.2) is 20.0 Å². The molecule has 0 aliphatic carbocycles. The molecule has 0 aliphatic heterocycles. The number of benzene rings is 1. The van der Waals surface area contributed by atoms with Gasteiger partial charge in [0.1, 0.15) is 5.82 Å². The van der Waals surface area contributed by atoms with Gasteiger partial charge < -0.3 is 9.47 Å². The molecule has 0 spiro atoms. The number of methoxy groups -OCH3 is 2. The summed E-state index contributed by atoms with van der Waals surface area (Å²) in [6, 6.07) is 6.92. The number of unbranched alkanes of at least 4 members (excludes halogenated alkanes) is 8. The van der Waals surface area contributed by atoms with Crippen LogP contribution in [0.4, 0.5) is 4.39 Å². The molecule has 2 nitrogen and oxygen atoms in total. The fourth-order valence-electron chi connectivity index (χ4n) is 4.47. The zero-order valence-corrected chi connectivity index (χ0v) is 19.5. The quantitative estimate of drug-likeness (QED) is 0.180. The molecule has 1 atom stereocenters. The summed E-state index contributed by atoms with van der Waals surface area (Å²) < 4.78 is 24.8. The standard InChI is InChI=1S/C26H45FO2/c1-5-7-8-9-10-14-17-24(26(6-2,28-3)29-4)18-15-12-11-13-16-23-19-21-25(27)22-20-23/h19-22,24H,5-18H2,1-4H3. The van der Waals surface area contributed by atoms with Crippen LogP contribution in [0.1, 0.15) is 103 Å². The maximum atomic E-state index is 13.0. The summed E-state index contributed by atoms with van der Waals surface area (Å²) in [5.74, 6) is -0.121. The van der Waals surface area contributed by atoms with Crippen molar-refractivity contribution >= 4 is 0 Å². The topological polar surface area (TPSA) is 18.5 Å². The van der Waals surface area contributed by atoms with Crippen LogP contribution >= 0.6 is 0 Å². The monoisotopic (exact) mass is 408 g/mol. The minimum atomic E-state index is -0.433. The molecule has 0 aliphatic rings. The first-order valence-electron chi connectivity index (χ1n) is 12.0. The van der Waals surface area contributed by atoms with Crippen molar-refractivity contribution in [3.8, 4) is 0 Å². The van der Waals surface area contributed by atoms with Gasteiger partial charge in [-0.3, -0.25) is 0 Å². The third-order valence-electron chi connectivity index (χ3n) is 6.39. The number of ether oxygens (including phenoxy) is 2. The molecule has 0 saturated heterocycles. The number of halogens is 1. The highest BCUT2D eigenvalue weighted by molar-refractivity contribution is 5.15. The molecule has 1 rings (SSSR count). The Morgan fingerprint density at radius 1 is 0.759 bits per heavy atom. The first kappa shape index (κ1) is 26.1. The summed E-state index contributed by atoms with van der Waals surface area (Å²) in [7, 11) is 3.59. The van der Waals surface area contributed by atoms with Gasteiger partial charge in [0, 0.05) is 20.1 Å². The largest absolute Gasteiger partial charge is 0.353 e. The van der Waals surface area contributed by atoms with E-state index >= 15 is 0 Å². The lowest BCUT2D eigenvalue weighted by atomic mass is 9.85. The predicted octanol–water partition coefficient (Wildman–Crippen LogP) is 8.08. The van der Waals surface area contributed by atoms with Crippen LogP contribution in [0.25, 0.3) is 0 Å². The molecule has 29 heavy (non-hydrogen) atoms. The Hall–Kier alpha value is -0.930. The van der Waals surface area contributed by atoms with E-state index in [0.29, 0.717) is 5.92 Å². The second-order valence-electron chi connectivity index (χ2n) is 8.41. The van der Waals surface area contributed by atoms with Gasteiger partial charge in [0.05, 0.1) is 0 Å². The molecule has 0 bridgehead atoms.